The molecule has 2 fully saturated rings. The number of carbonyl (C=O) groups excluding carboxylic acids is 2. The first kappa shape index (κ1) is 16.8. The lowest BCUT2D eigenvalue weighted by molar-refractivity contribution is 0.0909. The lowest BCUT2D eigenvalue weighted by Gasteiger charge is -2.37. The molecule has 8 heteroatoms. The van der Waals surface area contributed by atoms with Gasteiger partial charge in [-0.05, 0) is 44.2 Å². The molecule has 8 nitrogen and oxygen atoms in total. The lowest BCUT2D eigenvalue weighted by atomic mass is 10.0. The van der Waals surface area contributed by atoms with Crippen molar-refractivity contribution < 1.29 is 9.59 Å². The second-order valence-corrected chi connectivity index (χ2v) is 7.05. The third-order valence-electron chi connectivity index (χ3n) is 5.30. The van der Waals surface area contributed by atoms with Crippen molar-refractivity contribution in [3.63, 3.8) is 0 Å². The molecular weight excluding hydrogens is 332 g/mol. The van der Waals surface area contributed by atoms with Gasteiger partial charge in [-0.2, -0.15) is 0 Å². The summed E-state index contributed by atoms with van der Waals surface area (Å²) >= 11 is 0. The number of hydrogen-bond acceptors (Lipinski definition) is 4. The molecule has 0 unspecified atom stereocenters. The first-order valence-corrected chi connectivity index (χ1v) is 9.35. The Labute approximate surface area is 152 Å². The topological polar surface area (TPSA) is 82.8 Å². The molecule has 2 aliphatic heterocycles. The lowest BCUT2D eigenvalue weighted by Crippen LogP contribution is -2.51. The number of pyridine rings is 1. The van der Waals surface area contributed by atoms with Crippen LogP contribution in [0.5, 0.6) is 0 Å². The molecule has 0 aliphatic carbocycles. The predicted molar refractivity (Wildman–Crippen MR) is 95.9 cm³/mol. The number of aromatic nitrogens is 3. The summed E-state index contributed by atoms with van der Waals surface area (Å²) in [5, 5.41) is 10.9. The standard InChI is InChI=1S/C18H24N6O2/c25-17(15-5-4-10-24-13-19-21-16(15)24)20-14-6-11-23(12-7-14)18(26)22-8-2-1-3-9-22/h4-5,10,13-14H,1-3,6-9,11-12H2,(H,20,25). The van der Waals surface area contributed by atoms with Crippen molar-refractivity contribution in [3.8, 4) is 0 Å². The molecule has 26 heavy (non-hydrogen) atoms. The third kappa shape index (κ3) is 3.36. The van der Waals surface area contributed by atoms with Crippen LogP contribution in [0.4, 0.5) is 4.79 Å². The van der Waals surface area contributed by atoms with E-state index in [4.69, 9.17) is 0 Å². The van der Waals surface area contributed by atoms with Crippen LogP contribution >= 0.6 is 0 Å². The van der Waals surface area contributed by atoms with Crippen molar-refractivity contribution in [1.82, 2.24) is 29.7 Å². The molecule has 2 aliphatic rings. The first-order chi connectivity index (χ1) is 12.7. The van der Waals surface area contributed by atoms with Crippen LogP contribution in [0.1, 0.15) is 42.5 Å². The van der Waals surface area contributed by atoms with E-state index in [0.717, 1.165) is 38.8 Å². The number of carbonyl (C=O) groups is 2. The SMILES string of the molecule is O=C(NC1CCN(C(=O)N2CCCCC2)CC1)c1cccn2cnnc12. The quantitative estimate of drug-likeness (QED) is 0.885. The summed E-state index contributed by atoms with van der Waals surface area (Å²) in [7, 11) is 0. The molecule has 0 aromatic carbocycles. The largest absolute Gasteiger partial charge is 0.349 e. The van der Waals surface area contributed by atoms with Crippen LogP contribution in [-0.4, -0.2) is 68.6 Å². The summed E-state index contributed by atoms with van der Waals surface area (Å²) in [5.41, 5.74) is 1.08. The van der Waals surface area contributed by atoms with E-state index in [0.29, 0.717) is 24.3 Å². The molecule has 2 saturated heterocycles. The van der Waals surface area contributed by atoms with Gasteiger partial charge in [0.15, 0.2) is 5.65 Å². The number of likely N-dealkylation sites (tertiary alicyclic amines) is 2. The molecule has 0 saturated carbocycles. The second kappa shape index (κ2) is 7.31. The highest BCUT2D eigenvalue weighted by Crippen LogP contribution is 2.17. The first-order valence-electron chi connectivity index (χ1n) is 9.35. The number of piperidine rings is 2. The Hall–Kier alpha value is -2.64. The minimum absolute atomic E-state index is 0.0797. The van der Waals surface area contributed by atoms with Gasteiger partial charge < -0.3 is 15.1 Å². The van der Waals surface area contributed by atoms with E-state index >= 15 is 0 Å². The molecule has 1 N–H and O–H groups in total. The fourth-order valence-electron chi connectivity index (χ4n) is 3.79. The molecule has 138 valence electrons. The molecule has 4 heterocycles. The van der Waals surface area contributed by atoms with Crippen LogP contribution in [0, 0.1) is 0 Å². The maximum atomic E-state index is 12.6. The van der Waals surface area contributed by atoms with Crippen molar-refractivity contribution in [1.29, 1.82) is 0 Å². The van der Waals surface area contributed by atoms with Crippen molar-refractivity contribution in [2.45, 2.75) is 38.1 Å². The molecule has 0 bridgehead atoms. The Morgan fingerprint density at radius 3 is 2.54 bits per heavy atom. The monoisotopic (exact) mass is 356 g/mol. The molecule has 0 spiro atoms. The Bertz CT molecular complexity index is 790. The highest BCUT2D eigenvalue weighted by atomic mass is 16.2. The van der Waals surface area contributed by atoms with Gasteiger partial charge in [0.05, 0.1) is 5.56 Å². The van der Waals surface area contributed by atoms with Gasteiger partial charge in [0.1, 0.15) is 6.33 Å². The number of nitrogens with one attached hydrogen (secondary N) is 1. The van der Waals surface area contributed by atoms with Crippen LogP contribution in [0.15, 0.2) is 24.7 Å². The second-order valence-electron chi connectivity index (χ2n) is 7.05. The fourth-order valence-corrected chi connectivity index (χ4v) is 3.79. The highest BCUT2D eigenvalue weighted by Gasteiger charge is 2.28. The molecule has 2 aromatic heterocycles. The van der Waals surface area contributed by atoms with Crippen molar-refractivity contribution >= 4 is 17.6 Å². The minimum atomic E-state index is -0.135. The van der Waals surface area contributed by atoms with E-state index < -0.39 is 0 Å². The summed E-state index contributed by atoms with van der Waals surface area (Å²) in [4.78, 5) is 29.1. The van der Waals surface area contributed by atoms with E-state index in [-0.39, 0.29) is 18.0 Å². The third-order valence-corrected chi connectivity index (χ3v) is 5.30. The normalized spacial score (nSPS) is 18.9. The van der Waals surface area contributed by atoms with Gasteiger partial charge >= 0.3 is 6.03 Å². The summed E-state index contributed by atoms with van der Waals surface area (Å²) in [6.07, 6.45) is 8.38. The van der Waals surface area contributed by atoms with Crippen LogP contribution in [0.2, 0.25) is 0 Å². The van der Waals surface area contributed by atoms with Crippen molar-refractivity contribution in [2.24, 2.45) is 0 Å². The Balaban J connectivity index is 1.33. The fraction of sp³-hybridized carbons (Fsp3) is 0.556. The Kier molecular flexibility index (Phi) is 4.73. The van der Waals surface area contributed by atoms with Crippen molar-refractivity contribution in [3.05, 3.63) is 30.2 Å². The zero-order valence-electron chi connectivity index (χ0n) is 14.8. The molecule has 0 radical (unpaired) electrons. The maximum Gasteiger partial charge on any atom is 0.319 e. The van der Waals surface area contributed by atoms with Crippen LogP contribution < -0.4 is 5.32 Å². The average molecular weight is 356 g/mol. The molecule has 4 rings (SSSR count). The maximum absolute atomic E-state index is 12.6. The summed E-state index contributed by atoms with van der Waals surface area (Å²) in [6.45, 7) is 3.13. The van der Waals surface area contributed by atoms with Crippen LogP contribution in [0.3, 0.4) is 0 Å². The van der Waals surface area contributed by atoms with Gasteiger partial charge in [-0.1, -0.05) is 0 Å². The number of nitrogens with zero attached hydrogens (tertiary/aromatic N) is 5. The minimum Gasteiger partial charge on any atom is -0.349 e. The van der Waals surface area contributed by atoms with Gasteiger partial charge in [-0.15, -0.1) is 10.2 Å². The van der Waals surface area contributed by atoms with Crippen LogP contribution in [0.25, 0.3) is 5.65 Å². The number of urea groups is 1. The highest BCUT2D eigenvalue weighted by molar-refractivity contribution is 5.99. The van der Waals surface area contributed by atoms with Gasteiger partial charge in [0.25, 0.3) is 5.91 Å². The van der Waals surface area contributed by atoms with E-state index in [9.17, 15) is 9.59 Å². The number of rotatable bonds is 2. The predicted octanol–water partition coefficient (Wildman–Crippen LogP) is 1.53. The van der Waals surface area contributed by atoms with E-state index in [1.165, 1.54) is 6.42 Å². The van der Waals surface area contributed by atoms with E-state index in [1.807, 2.05) is 22.1 Å². The molecule has 0 atom stereocenters. The van der Waals surface area contributed by atoms with Gasteiger partial charge in [0.2, 0.25) is 0 Å². The summed E-state index contributed by atoms with van der Waals surface area (Å²) < 4.78 is 1.73. The molecular formula is C18H24N6O2. The smallest absolute Gasteiger partial charge is 0.319 e. The van der Waals surface area contributed by atoms with E-state index in [1.54, 1.807) is 16.8 Å². The number of hydrogen-bond donors (Lipinski definition) is 1. The van der Waals surface area contributed by atoms with Gasteiger partial charge in [-0.25, -0.2) is 4.79 Å². The number of fused-ring (bicyclic) bond motifs is 1. The summed E-state index contributed by atoms with van der Waals surface area (Å²) in [6, 6.07) is 3.80. The number of amides is 3. The van der Waals surface area contributed by atoms with Gasteiger partial charge in [-0.3, -0.25) is 9.20 Å². The van der Waals surface area contributed by atoms with Crippen molar-refractivity contribution in [2.75, 3.05) is 26.2 Å². The Morgan fingerprint density at radius 2 is 1.77 bits per heavy atom. The summed E-state index contributed by atoms with van der Waals surface area (Å²) in [5.74, 6) is -0.135. The Morgan fingerprint density at radius 1 is 1.04 bits per heavy atom. The average Bonchev–Trinajstić information content (AvgIpc) is 3.17. The zero-order chi connectivity index (χ0) is 17.9. The zero-order valence-corrected chi connectivity index (χ0v) is 14.8. The molecule has 2 aromatic rings. The van der Waals surface area contributed by atoms with E-state index in [2.05, 4.69) is 15.5 Å². The molecule has 3 amide bonds. The van der Waals surface area contributed by atoms with Crippen LogP contribution in [-0.2, 0) is 0 Å². The van der Waals surface area contributed by atoms with Gasteiger partial charge in [0, 0.05) is 38.4 Å².